The Morgan fingerprint density at radius 2 is 1.54 bits per heavy atom. The molecule has 0 atom stereocenters. The Bertz CT molecular complexity index is 619. The average molecular weight is 398 g/mol. The molecule has 8 heteroatoms. The maximum atomic E-state index is 12.7. The molecule has 0 radical (unpaired) electrons. The minimum absolute atomic E-state index is 0. The van der Waals surface area contributed by atoms with Gasteiger partial charge in [-0.2, -0.15) is 0 Å². The van der Waals surface area contributed by atoms with Gasteiger partial charge in [-0.15, -0.1) is 24.8 Å². The van der Waals surface area contributed by atoms with Crippen LogP contribution >= 0.6 is 24.8 Å². The van der Waals surface area contributed by atoms with E-state index in [2.05, 4.69) is 14.9 Å². The van der Waals surface area contributed by atoms with Crippen molar-refractivity contribution in [2.45, 2.75) is 32.6 Å². The maximum Gasteiger partial charge on any atom is 0.241 e. The average Bonchev–Trinajstić information content (AvgIpc) is 2.46. The molecule has 1 aromatic rings. The first-order valence-electron chi connectivity index (χ1n) is 7.83. The molecular formula is C16H29Cl2N3O2S. The Morgan fingerprint density at radius 1 is 1.04 bits per heavy atom. The molecule has 0 unspecified atom stereocenters. The molecule has 1 aromatic carbocycles. The van der Waals surface area contributed by atoms with E-state index < -0.39 is 10.0 Å². The van der Waals surface area contributed by atoms with Gasteiger partial charge in [-0.25, -0.2) is 13.1 Å². The third-order valence-electron chi connectivity index (χ3n) is 4.50. The van der Waals surface area contributed by atoms with E-state index in [0.717, 1.165) is 55.0 Å². The largest absolute Gasteiger partial charge is 0.314 e. The fourth-order valence-corrected chi connectivity index (χ4v) is 4.56. The summed E-state index contributed by atoms with van der Waals surface area (Å²) in [5, 5.41) is 3.29. The summed E-state index contributed by atoms with van der Waals surface area (Å²) in [6, 6.07) is 2.05. The predicted molar refractivity (Wildman–Crippen MR) is 104 cm³/mol. The molecular weight excluding hydrogens is 369 g/mol. The van der Waals surface area contributed by atoms with E-state index in [9.17, 15) is 8.42 Å². The lowest BCUT2D eigenvalue weighted by molar-refractivity contribution is 0.245. The smallest absolute Gasteiger partial charge is 0.241 e. The number of rotatable bonds is 5. The molecule has 24 heavy (non-hydrogen) atoms. The van der Waals surface area contributed by atoms with Crippen LogP contribution in [0.15, 0.2) is 11.0 Å². The number of halogens is 2. The van der Waals surface area contributed by atoms with Crippen molar-refractivity contribution in [3.63, 3.8) is 0 Å². The topological polar surface area (TPSA) is 61.4 Å². The lowest BCUT2D eigenvalue weighted by Crippen LogP contribution is -2.46. The summed E-state index contributed by atoms with van der Waals surface area (Å²) in [4.78, 5) is 2.73. The third kappa shape index (κ3) is 5.58. The van der Waals surface area contributed by atoms with Gasteiger partial charge in [0, 0.05) is 39.3 Å². The summed E-state index contributed by atoms with van der Waals surface area (Å²) < 4.78 is 28.1. The fourth-order valence-electron chi connectivity index (χ4n) is 2.93. The Kier molecular flexibility index (Phi) is 9.79. The molecule has 0 amide bonds. The van der Waals surface area contributed by atoms with Crippen LogP contribution in [0, 0.1) is 27.7 Å². The van der Waals surface area contributed by atoms with Gasteiger partial charge in [0.15, 0.2) is 0 Å². The lowest BCUT2D eigenvalue weighted by Gasteiger charge is -2.27. The van der Waals surface area contributed by atoms with E-state index in [1.807, 2.05) is 33.8 Å². The summed E-state index contributed by atoms with van der Waals surface area (Å²) in [6.45, 7) is 12.8. The van der Waals surface area contributed by atoms with Crippen LogP contribution in [-0.2, 0) is 10.0 Å². The van der Waals surface area contributed by atoms with Crippen LogP contribution in [-0.4, -0.2) is 52.6 Å². The quantitative estimate of drug-likeness (QED) is 0.796. The van der Waals surface area contributed by atoms with Gasteiger partial charge < -0.3 is 5.32 Å². The van der Waals surface area contributed by atoms with Crippen LogP contribution < -0.4 is 10.0 Å². The molecule has 0 aromatic heterocycles. The van der Waals surface area contributed by atoms with Gasteiger partial charge in [-0.1, -0.05) is 6.07 Å². The summed E-state index contributed by atoms with van der Waals surface area (Å²) in [7, 11) is -3.46. The van der Waals surface area contributed by atoms with E-state index in [1.165, 1.54) is 0 Å². The molecule has 140 valence electrons. The Balaban J connectivity index is 0.00000264. The second-order valence-electron chi connectivity index (χ2n) is 6.08. The SMILES string of the molecule is Cc1cc(C)c(C)c(S(=O)(=O)NCCN2CCNCC2)c1C.Cl.Cl. The highest BCUT2D eigenvalue weighted by Gasteiger charge is 2.22. The molecule has 1 fully saturated rings. The molecule has 0 spiro atoms. The number of nitrogens with zero attached hydrogens (tertiary/aromatic N) is 1. The van der Waals surface area contributed by atoms with Crippen LogP contribution in [0.1, 0.15) is 22.3 Å². The number of sulfonamides is 1. The van der Waals surface area contributed by atoms with Gasteiger partial charge in [0.1, 0.15) is 0 Å². The summed E-state index contributed by atoms with van der Waals surface area (Å²) in [6.07, 6.45) is 0. The molecule has 2 rings (SSSR count). The normalized spacial score (nSPS) is 15.5. The Hall–Kier alpha value is -0.370. The number of piperazine rings is 1. The van der Waals surface area contributed by atoms with Crippen molar-refractivity contribution in [3.05, 3.63) is 28.3 Å². The zero-order valence-corrected chi connectivity index (χ0v) is 17.3. The zero-order valence-electron chi connectivity index (χ0n) is 14.8. The summed E-state index contributed by atoms with van der Waals surface area (Å²) in [5.41, 5.74) is 3.73. The first kappa shape index (κ1) is 23.6. The van der Waals surface area contributed by atoms with Crippen LogP contribution in [0.5, 0.6) is 0 Å². The molecule has 1 aliphatic heterocycles. The van der Waals surface area contributed by atoms with Gasteiger partial charge in [-0.3, -0.25) is 4.90 Å². The minimum atomic E-state index is -3.46. The molecule has 1 aliphatic rings. The summed E-state index contributed by atoms with van der Waals surface area (Å²) >= 11 is 0. The first-order valence-corrected chi connectivity index (χ1v) is 9.31. The van der Waals surface area contributed by atoms with Gasteiger partial charge >= 0.3 is 0 Å². The van der Waals surface area contributed by atoms with Gasteiger partial charge in [-0.05, 0) is 49.9 Å². The van der Waals surface area contributed by atoms with E-state index in [1.54, 1.807) is 0 Å². The van der Waals surface area contributed by atoms with Gasteiger partial charge in [0.2, 0.25) is 10.0 Å². The van der Waals surface area contributed by atoms with Crippen molar-refractivity contribution in [2.75, 3.05) is 39.3 Å². The van der Waals surface area contributed by atoms with Crippen LogP contribution in [0.3, 0.4) is 0 Å². The molecule has 5 nitrogen and oxygen atoms in total. The monoisotopic (exact) mass is 397 g/mol. The van der Waals surface area contributed by atoms with Crippen molar-refractivity contribution in [1.82, 2.24) is 14.9 Å². The third-order valence-corrected chi connectivity index (χ3v) is 6.23. The Labute approximate surface area is 158 Å². The summed E-state index contributed by atoms with van der Waals surface area (Å²) in [5.74, 6) is 0. The zero-order chi connectivity index (χ0) is 16.3. The lowest BCUT2D eigenvalue weighted by atomic mass is 10.0. The molecule has 0 saturated carbocycles. The van der Waals surface area contributed by atoms with Crippen molar-refractivity contribution >= 4 is 34.8 Å². The second-order valence-corrected chi connectivity index (χ2v) is 7.78. The molecule has 1 saturated heterocycles. The number of benzene rings is 1. The van der Waals surface area contributed by atoms with Crippen molar-refractivity contribution < 1.29 is 8.42 Å². The number of nitrogens with one attached hydrogen (secondary N) is 2. The minimum Gasteiger partial charge on any atom is -0.314 e. The molecule has 0 bridgehead atoms. The Morgan fingerprint density at radius 3 is 2.04 bits per heavy atom. The molecule has 2 N–H and O–H groups in total. The van der Waals surface area contributed by atoms with Gasteiger partial charge in [0.05, 0.1) is 4.90 Å². The number of hydrogen-bond donors (Lipinski definition) is 2. The number of aryl methyl sites for hydroxylation is 2. The van der Waals surface area contributed by atoms with Crippen molar-refractivity contribution in [3.8, 4) is 0 Å². The first-order chi connectivity index (χ1) is 10.3. The maximum absolute atomic E-state index is 12.7. The van der Waals surface area contributed by atoms with E-state index in [-0.39, 0.29) is 24.8 Å². The standard InChI is InChI=1S/C16H27N3O2S.2ClH/c1-12-11-13(2)15(4)16(14(12)3)22(20,21)18-7-10-19-8-5-17-6-9-19;;/h11,17-18H,5-10H2,1-4H3;2*1H. The number of hydrogen-bond acceptors (Lipinski definition) is 4. The van der Waals surface area contributed by atoms with E-state index in [0.29, 0.717) is 11.4 Å². The van der Waals surface area contributed by atoms with Crippen LogP contribution in [0.2, 0.25) is 0 Å². The van der Waals surface area contributed by atoms with Crippen molar-refractivity contribution in [1.29, 1.82) is 0 Å². The van der Waals surface area contributed by atoms with E-state index >= 15 is 0 Å². The highest BCUT2D eigenvalue weighted by Crippen LogP contribution is 2.25. The van der Waals surface area contributed by atoms with Gasteiger partial charge in [0.25, 0.3) is 0 Å². The van der Waals surface area contributed by atoms with E-state index in [4.69, 9.17) is 0 Å². The van der Waals surface area contributed by atoms with Crippen LogP contribution in [0.4, 0.5) is 0 Å². The highest BCUT2D eigenvalue weighted by molar-refractivity contribution is 7.89. The predicted octanol–water partition coefficient (Wildman–Crippen LogP) is 1.95. The fraction of sp³-hybridized carbons (Fsp3) is 0.625. The molecule has 0 aliphatic carbocycles. The molecule has 1 heterocycles. The van der Waals surface area contributed by atoms with Crippen LogP contribution in [0.25, 0.3) is 0 Å². The van der Waals surface area contributed by atoms with Crippen molar-refractivity contribution in [2.24, 2.45) is 0 Å². The highest BCUT2D eigenvalue weighted by atomic mass is 35.5. The second kappa shape index (κ2) is 9.94.